The van der Waals surface area contributed by atoms with Gasteiger partial charge in [-0.25, -0.2) is 13.8 Å². The van der Waals surface area contributed by atoms with Gasteiger partial charge in [0.1, 0.15) is 11.5 Å². The molecule has 0 atom stereocenters. The van der Waals surface area contributed by atoms with Gasteiger partial charge in [-0.2, -0.15) is 18.3 Å². The molecule has 1 saturated heterocycles. The van der Waals surface area contributed by atoms with Crippen molar-refractivity contribution < 1.29 is 31.9 Å². The maximum absolute atomic E-state index is 14.5. The maximum Gasteiger partial charge on any atom is 0.419 e. The van der Waals surface area contributed by atoms with E-state index in [2.05, 4.69) is 15.4 Å². The van der Waals surface area contributed by atoms with Gasteiger partial charge in [0.05, 0.1) is 17.6 Å². The van der Waals surface area contributed by atoms with Crippen molar-refractivity contribution in [1.82, 2.24) is 20.1 Å². The first-order valence-electron chi connectivity index (χ1n) is 8.71. The molecule has 158 valence electrons. The third kappa shape index (κ3) is 3.17. The summed E-state index contributed by atoms with van der Waals surface area (Å²) >= 11 is 0. The minimum absolute atomic E-state index is 0.0820. The SMILES string of the molecule is Cn1nc(-c2cc(C(F)(F)F)c(F)c(O)c2F)c2cnc(N3CCNC(=O)C3)cc21. The molecule has 1 aromatic carbocycles. The Bertz CT molecular complexity index is 1170. The quantitative estimate of drug-likeness (QED) is 0.615. The number of aromatic nitrogens is 3. The second-order valence-electron chi connectivity index (χ2n) is 6.75. The highest BCUT2D eigenvalue weighted by Crippen LogP contribution is 2.41. The second-order valence-corrected chi connectivity index (χ2v) is 6.75. The fraction of sp³-hybridized carbons (Fsp3) is 0.278. The van der Waals surface area contributed by atoms with E-state index in [0.29, 0.717) is 24.4 Å². The Balaban J connectivity index is 1.87. The van der Waals surface area contributed by atoms with Crippen LogP contribution in [0.25, 0.3) is 22.2 Å². The summed E-state index contributed by atoms with van der Waals surface area (Å²) in [5.41, 5.74) is -2.35. The highest BCUT2D eigenvalue weighted by Gasteiger charge is 2.38. The Hall–Kier alpha value is -3.44. The van der Waals surface area contributed by atoms with Crippen molar-refractivity contribution in [3.63, 3.8) is 0 Å². The van der Waals surface area contributed by atoms with Crippen LogP contribution >= 0.6 is 0 Å². The highest BCUT2D eigenvalue weighted by atomic mass is 19.4. The van der Waals surface area contributed by atoms with Crippen molar-refractivity contribution in [2.45, 2.75) is 6.18 Å². The van der Waals surface area contributed by atoms with Crippen LogP contribution in [-0.4, -0.2) is 45.4 Å². The molecule has 1 aliphatic rings. The molecule has 2 N–H and O–H groups in total. The number of aryl methyl sites for hydroxylation is 1. The zero-order valence-electron chi connectivity index (χ0n) is 15.4. The van der Waals surface area contributed by atoms with Crippen molar-refractivity contribution in [3.05, 3.63) is 35.5 Å². The lowest BCUT2D eigenvalue weighted by Crippen LogP contribution is -2.48. The molecule has 7 nitrogen and oxygen atoms in total. The molecule has 0 saturated carbocycles. The first-order chi connectivity index (χ1) is 14.1. The summed E-state index contributed by atoms with van der Waals surface area (Å²) < 4.78 is 68.9. The lowest BCUT2D eigenvalue weighted by Gasteiger charge is -2.27. The van der Waals surface area contributed by atoms with E-state index >= 15 is 0 Å². The molecule has 0 unspecified atom stereocenters. The summed E-state index contributed by atoms with van der Waals surface area (Å²) in [6, 6.07) is 1.84. The number of hydrogen-bond acceptors (Lipinski definition) is 5. The van der Waals surface area contributed by atoms with E-state index in [9.17, 15) is 31.9 Å². The highest BCUT2D eigenvalue weighted by molar-refractivity contribution is 5.95. The van der Waals surface area contributed by atoms with Crippen LogP contribution in [0, 0.1) is 11.6 Å². The number of phenolic OH excluding ortho intramolecular Hbond substituents is 1. The average Bonchev–Trinajstić information content (AvgIpc) is 3.01. The zero-order valence-corrected chi connectivity index (χ0v) is 15.4. The molecule has 0 bridgehead atoms. The Morgan fingerprint density at radius 1 is 1.20 bits per heavy atom. The Labute approximate surface area is 165 Å². The van der Waals surface area contributed by atoms with Crippen LogP contribution in [-0.2, 0) is 18.0 Å². The predicted octanol–water partition coefficient (Wildman–Crippen LogP) is 2.57. The molecule has 2 aromatic heterocycles. The molecular weight excluding hydrogens is 413 g/mol. The number of alkyl halides is 3. The summed E-state index contributed by atoms with van der Waals surface area (Å²) in [5, 5.41) is 16.5. The van der Waals surface area contributed by atoms with Crippen molar-refractivity contribution in [1.29, 1.82) is 0 Å². The van der Waals surface area contributed by atoms with E-state index < -0.39 is 34.7 Å². The van der Waals surface area contributed by atoms with Crippen LogP contribution < -0.4 is 10.2 Å². The van der Waals surface area contributed by atoms with Crippen molar-refractivity contribution in [2.24, 2.45) is 7.05 Å². The van der Waals surface area contributed by atoms with Gasteiger partial charge < -0.3 is 15.3 Å². The molecular formula is C18H14F5N5O2. The predicted molar refractivity (Wildman–Crippen MR) is 95.8 cm³/mol. The van der Waals surface area contributed by atoms with E-state index in [1.54, 1.807) is 11.0 Å². The van der Waals surface area contributed by atoms with Crippen LogP contribution in [0.2, 0.25) is 0 Å². The van der Waals surface area contributed by atoms with Gasteiger partial charge in [0.15, 0.2) is 17.4 Å². The first kappa shape index (κ1) is 19.9. The first-order valence-corrected chi connectivity index (χ1v) is 8.71. The number of fused-ring (bicyclic) bond motifs is 1. The van der Waals surface area contributed by atoms with Crippen molar-refractivity contribution in [3.8, 4) is 17.0 Å². The molecule has 1 aliphatic heterocycles. The molecule has 1 amide bonds. The molecule has 0 spiro atoms. The van der Waals surface area contributed by atoms with Gasteiger partial charge >= 0.3 is 6.18 Å². The number of nitrogens with one attached hydrogen (secondary N) is 1. The zero-order chi connectivity index (χ0) is 21.8. The Kier molecular flexibility index (Phi) is 4.51. The van der Waals surface area contributed by atoms with Crippen LogP contribution in [0.4, 0.5) is 27.8 Å². The lowest BCUT2D eigenvalue weighted by atomic mass is 10.0. The number of aromatic hydroxyl groups is 1. The molecule has 0 radical (unpaired) electrons. The monoisotopic (exact) mass is 427 g/mol. The number of piperazine rings is 1. The number of halogens is 5. The van der Waals surface area contributed by atoms with Gasteiger partial charge in [-0.15, -0.1) is 0 Å². The fourth-order valence-electron chi connectivity index (χ4n) is 3.35. The minimum Gasteiger partial charge on any atom is -0.503 e. The van der Waals surface area contributed by atoms with Gasteiger partial charge in [0.2, 0.25) is 5.91 Å². The van der Waals surface area contributed by atoms with E-state index in [-0.39, 0.29) is 29.6 Å². The third-order valence-corrected chi connectivity index (χ3v) is 4.82. The Morgan fingerprint density at radius 3 is 2.60 bits per heavy atom. The molecule has 30 heavy (non-hydrogen) atoms. The summed E-state index contributed by atoms with van der Waals surface area (Å²) in [6.07, 6.45) is -3.86. The van der Waals surface area contributed by atoms with Crippen molar-refractivity contribution >= 4 is 22.6 Å². The smallest absolute Gasteiger partial charge is 0.419 e. The number of amides is 1. The molecule has 3 heterocycles. The van der Waals surface area contributed by atoms with Crippen LogP contribution in [0.15, 0.2) is 18.3 Å². The number of pyridine rings is 1. The van der Waals surface area contributed by atoms with Gasteiger partial charge in [-0.1, -0.05) is 0 Å². The number of benzene rings is 1. The van der Waals surface area contributed by atoms with E-state index in [0.717, 1.165) is 0 Å². The molecule has 3 aromatic rings. The fourth-order valence-corrected chi connectivity index (χ4v) is 3.35. The van der Waals surface area contributed by atoms with Gasteiger partial charge in [-0.3, -0.25) is 9.48 Å². The van der Waals surface area contributed by atoms with Crippen molar-refractivity contribution in [2.75, 3.05) is 24.5 Å². The number of phenols is 1. The number of rotatable bonds is 2. The lowest BCUT2D eigenvalue weighted by molar-refractivity contribution is -0.140. The summed E-state index contributed by atoms with van der Waals surface area (Å²) in [5.74, 6) is -5.13. The van der Waals surface area contributed by atoms with E-state index in [1.807, 2.05) is 0 Å². The molecule has 4 rings (SSSR count). The summed E-state index contributed by atoms with van der Waals surface area (Å²) in [7, 11) is 1.49. The maximum atomic E-state index is 14.5. The summed E-state index contributed by atoms with van der Waals surface area (Å²) in [4.78, 5) is 17.5. The largest absolute Gasteiger partial charge is 0.503 e. The van der Waals surface area contributed by atoms with Gasteiger partial charge in [0.25, 0.3) is 0 Å². The number of nitrogens with zero attached hydrogens (tertiary/aromatic N) is 4. The topological polar surface area (TPSA) is 83.3 Å². The van der Waals surface area contributed by atoms with Gasteiger partial charge in [0, 0.05) is 43.4 Å². The molecule has 12 heteroatoms. The second kappa shape index (κ2) is 6.82. The number of hydrogen-bond donors (Lipinski definition) is 2. The number of carbonyl (C=O) groups excluding carboxylic acids is 1. The van der Waals surface area contributed by atoms with E-state index in [1.165, 1.54) is 17.9 Å². The van der Waals surface area contributed by atoms with Crippen LogP contribution in [0.3, 0.4) is 0 Å². The standard InChI is InChI=1S/C18H14F5N5O2/c1-27-11-5-12(28-3-2-24-13(29)7-28)25-6-9(11)16(26-27)8-4-10(18(21,22)23)15(20)17(30)14(8)19/h4-6,30H,2-3,7H2,1H3,(H,24,29). The summed E-state index contributed by atoms with van der Waals surface area (Å²) in [6.45, 7) is 1.01. The van der Waals surface area contributed by atoms with Crippen LogP contribution in [0.1, 0.15) is 5.56 Å². The minimum atomic E-state index is -5.14. The average molecular weight is 427 g/mol. The van der Waals surface area contributed by atoms with Gasteiger partial charge in [-0.05, 0) is 6.07 Å². The van der Waals surface area contributed by atoms with Crippen LogP contribution in [0.5, 0.6) is 5.75 Å². The number of carbonyl (C=O) groups is 1. The number of anilines is 1. The van der Waals surface area contributed by atoms with E-state index in [4.69, 9.17) is 0 Å². The third-order valence-electron chi connectivity index (χ3n) is 4.82. The molecule has 1 fully saturated rings. The normalized spacial score (nSPS) is 15.0. The molecule has 0 aliphatic carbocycles. The Morgan fingerprint density at radius 2 is 1.93 bits per heavy atom.